The van der Waals surface area contributed by atoms with Crippen molar-refractivity contribution in [3.63, 3.8) is 0 Å². The second-order valence-electron chi connectivity index (χ2n) is 19.8. The Kier molecular flexibility index (Phi) is 17.7. The molecule has 2 amide bonds. The Hall–Kier alpha value is -5.58. The molecule has 3 aliphatic rings. The molecule has 1 fully saturated rings. The van der Waals surface area contributed by atoms with Gasteiger partial charge in [-0.15, -0.1) is 0 Å². The van der Waals surface area contributed by atoms with Gasteiger partial charge in [0.25, 0.3) is 0 Å². The van der Waals surface area contributed by atoms with Crippen LogP contribution in [0, 0.1) is 11.6 Å². The van der Waals surface area contributed by atoms with E-state index in [0.29, 0.717) is 23.2 Å². The lowest BCUT2D eigenvalue weighted by atomic mass is 9.81. The molecular weight excluding hydrogens is 888 g/mol. The van der Waals surface area contributed by atoms with Crippen molar-refractivity contribution in [1.82, 2.24) is 10.2 Å². The maximum absolute atomic E-state index is 14.1. The van der Waals surface area contributed by atoms with E-state index in [-0.39, 0.29) is 27.9 Å². The van der Waals surface area contributed by atoms with Crippen LogP contribution < -0.4 is 15.5 Å². The number of hydrogen-bond donors (Lipinski definition) is 2. The first-order chi connectivity index (χ1) is 33.2. The van der Waals surface area contributed by atoms with Crippen molar-refractivity contribution in [2.45, 2.75) is 122 Å². The molecule has 1 saturated heterocycles. The lowest BCUT2D eigenvalue weighted by molar-refractivity contribution is -0.401. The van der Waals surface area contributed by atoms with Gasteiger partial charge in [-0.05, 0) is 113 Å². The highest BCUT2D eigenvalue weighted by Gasteiger charge is 2.42. The molecule has 0 aliphatic carbocycles. The summed E-state index contributed by atoms with van der Waals surface area (Å²) in [7, 11) is 2.15. The number of carbonyl (C=O) groups excluding carboxylic acids is 2. The van der Waals surface area contributed by atoms with E-state index in [0.717, 1.165) is 90.5 Å². The zero-order valence-electron chi connectivity index (χ0n) is 41.3. The molecule has 4 aromatic rings. The Morgan fingerprint density at radius 3 is 2.25 bits per heavy atom. The largest absolute Gasteiger partial charge is 0.446 e. The molecule has 8 nitrogen and oxygen atoms in total. The number of anilines is 2. The van der Waals surface area contributed by atoms with Crippen LogP contribution >= 0.6 is 11.6 Å². The van der Waals surface area contributed by atoms with Crippen LogP contribution in [0.4, 0.5) is 30.6 Å². The predicted octanol–water partition coefficient (Wildman–Crippen LogP) is 13.8. The molecule has 4 aromatic carbocycles. The summed E-state index contributed by atoms with van der Waals surface area (Å²) in [5.74, 6) is -0.908. The van der Waals surface area contributed by atoms with Crippen LogP contribution in [0.3, 0.4) is 0 Å². The number of allylic oxidation sites excluding steroid dienone is 6. The zero-order chi connectivity index (χ0) is 49.0. The quantitative estimate of drug-likeness (QED) is 0.0494. The van der Waals surface area contributed by atoms with Gasteiger partial charge in [0.2, 0.25) is 11.6 Å². The van der Waals surface area contributed by atoms with E-state index >= 15 is 0 Å². The number of rotatable bonds is 21. The fraction of sp³-hybridized carbons (Fsp3) is 0.431. The summed E-state index contributed by atoms with van der Waals surface area (Å²) >= 11 is 5.96. The van der Waals surface area contributed by atoms with Crippen LogP contribution in [0.1, 0.15) is 116 Å². The number of nitrogens with zero attached hydrogens (tertiary/aromatic N) is 3. The third kappa shape index (κ3) is 13.0. The highest BCUT2D eigenvalue weighted by atomic mass is 35.5. The Balaban J connectivity index is 0.728. The molecule has 0 bridgehead atoms. The van der Waals surface area contributed by atoms with Crippen molar-refractivity contribution in [1.29, 1.82) is 0 Å². The van der Waals surface area contributed by atoms with Crippen molar-refractivity contribution in [2.75, 3.05) is 50.0 Å². The summed E-state index contributed by atoms with van der Waals surface area (Å²) in [4.78, 5) is 30.4. The molecule has 2 N–H and O–H groups in total. The fourth-order valence-corrected chi connectivity index (χ4v) is 10.5. The van der Waals surface area contributed by atoms with Gasteiger partial charge < -0.3 is 19.9 Å². The molecular formula is C58H71ClF2N5O3+. The van der Waals surface area contributed by atoms with E-state index in [2.05, 4.69) is 139 Å². The predicted molar refractivity (Wildman–Crippen MR) is 279 cm³/mol. The summed E-state index contributed by atoms with van der Waals surface area (Å²) in [5.41, 5.74) is 8.92. The van der Waals surface area contributed by atoms with Gasteiger partial charge in [0, 0.05) is 72.7 Å². The van der Waals surface area contributed by atoms with Crippen molar-refractivity contribution in [2.24, 2.45) is 0 Å². The number of nitrogens with one attached hydrogen (secondary N) is 2. The smallest absolute Gasteiger partial charge is 0.411 e. The highest BCUT2D eigenvalue weighted by molar-refractivity contribution is 6.31. The maximum atomic E-state index is 14.1. The number of fused-ring (bicyclic) bond motifs is 2. The van der Waals surface area contributed by atoms with Gasteiger partial charge in [-0.25, -0.2) is 13.6 Å². The van der Waals surface area contributed by atoms with Crippen LogP contribution in [0.5, 0.6) is 0 Å². The molecule has 3 heterocycles. The van der Waals surface area contributed by atoms with Crippen molar-refractivity contribution < 1.29 is 27.7 Å². The number of carbonyl (C=O) groups is 2. The first kappa shape index (κ1) is 51.3. The van der Waals surface area contributed by atoms with Gasteiger partial charge in [-0.1, -0.05) is 118 Å². The van der Waals surface area contributed by atoms with Crippen LogP contribution in [-0.2, 0) is 20.4 Å². The molecule has 0 saturated carbocycles. The van der Waals surface area contributed by atoms with E-state index in [4.69, 9.17) is 16.3 Å². The Labute approximate surface area is 414 Å². The molecule has 0 radical (unpaired) electrons. The number of unbranched alkanes of at least 4 members (excludes halogenated alkanes) is 7. The normalized spacial score (nSPS) is 17.3. The maximum Gasteiger partial charge on any atom is 0.411 e. The lowest BCUT2D eigenvalue weighted by Gasteiger charge is -2.31. The summed E-state index contributed by atoms with van der Waals surface area (Å²) in [5, 5.41) is 5.80. The van der Waals surface area contributed by atoms with Gasteiger partial charge in [0.1, 0.15) is 24.8 Å². The van der Waals surface area contributed by atoms with Gasteiger partial charge in [0.15, 0.2) is 5.71 Å². The first-order valence-corrected chi connectivity index (χ1v) is 25.5. The second-order valence-corrected chi connectivity index (χ2v) is 20.3. The number of halogens is 3. The summed E-state index contributed by atoms with van der Waals surface area (Å²) in [6, 6.07) is 25.5. The number of hydrogen-bond acceptors (Lipinski definition) is 5. The van der Waals surface area contributed by atoms with Gasteiger partial charge >= 0.3 is 6.09 Å². The van der Waals surface area contributed by atoms with Gasteiger partial charge in [-0.2, -0.15) is 4.58 Å². The van der Waals surface area contributed by atoms with Crippen molar-refractivity contribution in [3.05, 3.63) is 149 Å². The standard InChI is InChI=1S/C58H70ClF2N5O3/c1-57(2)46-22-15-17-24-51(46)64(5)53(57)26-12-10-13-27-54-58(3,4)47-23-16-18-25-52(47)66(54)37-21-11-14-28-55(67)62-35-19-8-6-7-9-20-36-65-38-33-44(34-39-65)69-56(68)63-50-32-30-43(60)41-45(50)42-29-31-49(61)48(59)40-42/h10,12-13,15-18,22-27,29-32,40-41,44H,6-9,11,14,19-21,28,33-39H2,1-5H3,(H-,62,63,67,68)/p+1. The molecule has 0 atom stereocenters. The molecule has 7 rings (SSSR count). The number of benzene rings is 4. The van der Waals surface area contributed by atoms with E-state index in [1.165, 1.54) is 83.2 Å². The second kappa shape index (κ2) is 23.8. The summed E-state index contributed by atoms with van der Waals surface area (Å²) in [6.45, 7) is 13.6. The monoisotopic (exact) mass is 959 g/mol. The first-order valence-electron chi connectivity index (χ1n) is 25.1. The molecule has 11 heteroatoms. The molecule has 69 heavy (non-hydrogen) atoms. The third-order valence-corrected chi connectivity index (χ3v) is 14.5. The van der Waals surface area contributed by atoms with E-state index in [1.807, 2.05) is 0 Å². The molecule has 366 valence electrons. The average molecular weight is 960 g/mol. The molecule has 0 spiro atoms. The fourth-order valence-electron chi connectivity index (χ4n) is 10.3. The SMILES string of the molecule is C[N+]1=C(/C=C/C=C/C=C2\N(CCCCCC(=O)NCCCCCCCCN3CCC(OC(=O)Nc4ccc(F)cc4-c4ccc(F)c(Cl)c4)CC3)c3ccccc3C2(C)C)C(C)(C)c2ccccc21. The van der Waals surface area contributed by atoms with E-state index < -0.39 is 17.7 Å². The number of likely N-dealkylation sites (tertiary alicyclic amines) is 1. The van der Waals surface area contributed by atoms with Crippen LogP contribution in [-0.4, -0.2) is 73.1 Å². The Morgan fingerprint density at radius 1 is 0.783 bits per heavy atom. The minimum Gasteiger partial charge on any atom is -0.446 e. The molecule has 0 aromatic heterocycles. The van der Waals surface area contributed by atoms with E-state index in [1.54, 1.807) is 0 Å². The summed E-state index contributed by atoms with van der Waals surface area (Å²) in [6.07, 6.45) is 21.9. The Bertz CT molecular complexity index is 2560. The lowest BCUT2D eigenvalue weighted by Crippen LogP contribution is -2.38. The van der Waals surface area contributed by atoms with Crippen molar-refractivity contribution in [3.8, 4) is 11.1 Å². The third-order valence-electron chi connectivity index (χ3n) is 14.2. The minimum atomic E-state index is -0.603. The topological polar surface area (TPSA) is 76.9 Å². The summed E-state index contributed by atoms with van der Waals surface area (Å²) < 4.78 is 35.9. The zero-order valence-corrected chi connectivity index (χ0v) is 42.0. The number of ether oxygens (including phenoxy) is 1. The number of piperidine rings is 1. The van der Waals surface area contributed by atoms with Crippen LogP contribution in [0.2, 0.25) is 5.02 Å². The van der Waals surface area contributed by atoms with Gasteiger partial charge in [0.05, 0.1) is 16.1 Å². The Morgan fingerprint density at radius 2 is 1.48 bits per heavy atom. The van der Waals surface area contributed by atoms with E-state index in [9.17, 15) is 18.4 Å². The van der Waals surface area contributed by atoms with Gasteiger partial charge in [-0.3, -0.25) is 10.1 Å². The number of para-hydroxylation sites is 2. The average Bonchev–Trinajstić information content (AvgIpc) is 3.67. The van der Waals surface area contributed by atoms with Crippen LogP contribution in [0.25, 0.3) is 11.1 Å². The molecule has 3 aliphatic heterocycles. The number of amides is 2. The molecule has 0 unspecified atom stereocenters. The van der Waals surface area contributed by atoms with Crippen LogP contribution in [0.15, 0.2) is 121 Å². The highest BCUT2D eigenvalue weighted by Crippen LogP contribution is 2.48. The van der Waals surface area contributed by atoms with Crippen molar-refractivity contribution >= 4 is 46.4 Å². The minimum absolute atomic E-state index is 0.0494.